The van der Waals surface area contributed by atoms with Crippen LogP contribution in [0.15, 0.2) is 60.1 Å². The van der Waals surface area contributed by atoms with E-state index in [-0.39, 0.29) is 0 Å². The second-order valence-corrected chi connectivity index (χ2v) is 5.61. The molecular formula is C18H17ClN4O. The maximum atomic E-state index is 6.08. The standard InChI is InChI=1S/C18H17ClN4O/c1-3-12-5-4-6-14(9-12)22-18-21-11-20-17(23-18)15-10-13(19)7-8-16(15)24-2/h3-4,6-11H,5H2,1-2H3,(H,20,21,22,23). The molecular weight excluding hydrogens is 324 g/mol. The van der Waals surface area contributed by atoms with Crippen molar-refractivity contribution in [2.75, 3.05) is 12.4 Å². The summed E-state index contributed by atoms with van der Waals surface area (Å²) in [6.45, 7) is 2.02. The molecule has 3 rings (SSSR count). The molecule has 0 spiro atoms. The van der Waals surface area contributed by atoms with E-state index < -0.39 is 0 Å². The first-order valence-electron chi connectivity index (χ1n) is 7.53. The summed E-state index contributed by atoms with van der Waals surface area (Å²) in [5.74, 6) is 1.62. The summed E-state index contributed by atoms with van der Waals surface area (Å²) in [6, 6.07) is 5.33. The molecule has 1 aliphatic carbocycles. The molecule has 24 heavy (non-hydrogen) atoms. The number of halogens is 1. The first-order chi connectivity index (χ1) is 11.7. The summed E-state index contributed by atoms with van der Waals surface area (Å²) < 4.78 is 5.36. The number of benzene rings is 1. The fourth-order valence-electron chi connectivity index (χ4n) is 2.38. The molecule has 0 saturated heterocycles. The molecule has 1 aromatic heterocycles. The molecule has 0 amide bonds. The lowest BCUT2D eigenvalue weighted by Gasteiger charge is -2.12. The predicted octanol–water partition coefficient (Wildman–Crippen LogP) is 4.40. The van der Waals surface area contributed by atoms with Gasteiger partial charge in [0.25, 0.3) is 0 Å². The Labute approximate surface area is 145 Å². The molecule has 0 unspecified atom stereocenters. The summed E-state index contributed by atoms with van der Waals surface area (Å²) in [7, 11) is 1.60. The third-order valence-electron chi connectivity index (χ3n) is 3.59. The fourth-order valence-corrected chi connectivity index (χ4v) is 2.55. The van der Waals surface area contributed by atoms with Crippen molar-refractivity contribution in [2.24, 2.45) is 0 Å². The van der Waals surface area contributed by atoms with Gasteiger partial charge in [-0.3, -0.25) is 0 Å². The normalized spacial score (nSPS) is 15.3. The van der Waals surface area contributed by atoms with E-state index in [9.17, 15) is 0 Å². The molecule has 1 N–H and O–H groups in total. The fraction of sp³-hybridized carbons (Fsp3) is 0.167. The zero-order valence-corrected chi connectivity index (χ0v) is 14.2. The Kier molecular flexibility index (Phi) is 4.91. The van der Waals surface area contributed by atoms with Gasteiger partial charge >= 0.3 is 0 Å². The highest BCUT2D eigenvalue weighted by molar-refractivity contribution is 6.30. The molecule has 1 aliphatic rings. The van der Waals surface area contributed by atoms with Crippen molar-refractivity contribution in [1.29, 1.82) is 0 Å². The topological polar surface area (TPSA) is 59.9 Å². The van der Waals surface area contributed by atoms with Crippen LogP contribution in [0.25, 0.3) is 11.4 Å². The van der Waals surface area contributed by atoms with Crippen molar-refractivity contribution >= 4 is 17.5 Å². The van der Waals surface area contributed by atoms with Gasteiger partial charge in [-0.2, -0.15) is 4.98 Å². The second-order valence-electron chi connectivity index (χ2n) is 5.17. The van der Waals surface area contributed by atoms with Crippen molar-refractivity contribution < 1.29 is 4.74 Å². The molecule has 0 radical (unpaired) electrons. The van der Waals surface area contributed by atoms with E-state index >= 15 is 0 Å². The van der Waals surface area contributed by atoms with Gasteiger partial charge in [-0.05, 0) is 49.3 Å². The molecule has 0 fully saturated rings. The zero-order chi connectivity index (χ0) is 16.9. The number of rotatable bonds is 4. The molecule has 2 aromatic rings. The Morgan fingerprint density at radius 2 is 2.17 bits per heavy atom. The van der Waals surface area contributed by atoms with Gasteiger partial charge in [0, 0.05) is 10.7 Å². The molecule has 1 aromatic carbocycles. The molecule has 0 saturated carbocycles. The maximum Gasteiger partial charge on any atom is 0.230 e. The van der Waals surface area contributed by atoms with Crippen molar-refractivity contribution in [1.82, 2.24) is 15.0 Å². The minimum Gasteiger partial charge on any atom is -0.496 e. The number of hydrogen-bond acceptors (Lipinski definition) is 5. The molecule has 122 valence electrons. The van der Waals surface area contributed by atoms with E-state index in [2.05, 4.69) is 38.5 Å². The molecule has 0 bridgehead atoms. The van der Waals surface area contributed by atoms with Gasteiger partial charge in [0.15, 0.2) is 5.82 Å². The van der Waals surface area contributed by atoms with Crippen LogP contribution in [0.3, 0.4) is 0 Å². The molecule has 1 heterocycles. The summed E-state index contributed by atoms with van der Waals surface area (Å²) in [6.07, 6.45) is 10.7. The smallest absolute Gasteiger partial charge is 0.230 e. The van der Waals surface area contributed by atoms with Gasteiger partial charge < -0.3 is 10.1 Å². The monoisotopic (exact) mass is 340 g/mol. The third kappa shape index (κ3) is 3.63. The van der Waals surface area contributed by atoms with Gasteiger partial charge in [-0.15, -0.1) is 0 Å². The van der Waals surface area contributed by atoms with Crippen LogP contribution in [0.5, 0.6) is 5.75 Å². The van der Waals surface area contributed by atoms with E-state index in [4.69, 9.17) is 16.3 Å². The first kappa shape index (κ1) is 16.2. The Hall–Kier alpha value is -2.66. The van der Waals surface area contributed by atoms with Crippen molar-refractivity contribution in [3.8, 4) is 17.1 Å². The van der Waals surface area contributed by atoms with Gasteiger partial charge in [-0.25, -0.2) is 9.97 Å². The van der Waals surface area contributed by atoms with Gasteiger partial charge in [0.2, 0.25) is 5.95 Å². The number of methoxy groups -OCH3 is 1. The Balaban J connectivity index is 1.92. The lowest BCUT2D eigenvalue weighted by molar-refractivity contribution is 0.416. The predicted molar refractivity (Wildman–Crippen MR) is 96.0 cm³/mol. The molecule has 0 aliphatic heterocycles. The Morgan fingerprint density at radius 1 is 1.29 bits per heavy atom. The van der Waals surface area contributed by atoms with Crippen molar-refractivity contribution in [3.63, 3.8) is 0 Å². The highest BCUT2D eigenvalue weighted by atomic mass is 35.5. The van der Waals surface area contributed by atoms with Crippen LogP contribution in [0.1, 0.15) is 13.3 Å². The van der Waals surface area contributed by atoms with Crippen molar-refractivity contribution in [2.45, 2.75) is 13.3 Å². The van der Waals surface area contributed by atoms with E-state index in [1.807, 2.05) is 13.0 Å². The van der Waals surface area contributed by atoms with Crippen LogP contribution in [0.2, 0.25) is 5.02 Å². The quantitative estimate of drug-likeness (QED) is 0.893. The van der Waals surface area contributed by atoms with E-state index in [1.54, 1.807) is 25.3 Å². The largest absolute Gasteiger partial charge is 0.496 e. The number of nitrogens with one attached hydrogen (secondary N) is 1. The number of hydrogen-bond donors (Lipinski definition) is 1. The lowest BCUT2D eigenvalue weighted by Crippen LogP contribution is -2.06. The number of anilines is 1. The highest BCUT2D eigenvalue weighted by Crippen LogP contribution is 2.30. The van der Waals surface area contributed by atoms with Crippen LogP contribution >= 0.6 is 11.6 Å². The summed E-state index contributed by atoms with van der Waals surface area (Å²) >= 11 is 6.08. The lowest BCUT2D eigenvalue weighted by atomic mass is 10.1. The number of allylic oxidation sites excluding steroid dienone is 5. The molecule has 5 nitrogen and oxygen atoms in total. The van der Waals surface area contributed by atoms with Gasteiger partial charge in [0.05, 0.1) is 12.7 Å². The summed E-state index contributed by atoms with van der Waals surface area (Å²) in [4.78, 5) is 12.9. The second kappa shape index (κ2) is 7.27. The minimum absolute atomic E-state index is 0.468. The van der Waals surface area contributed by atoms with E-state index in [0.29, 0.717) is 22.5 Å². The summed E-state index contributed by atoms with van der Waals surface area (Å²) in [5, 5.41) is 3.80. The maximum absolute atomic E-state index is 6.08. The van der Waals surface area contributed by atoms with E-state index in [1.165, 1.54) is 11.9 Å². The van der Waals surface area contributed by atoms with Crippen LogP contribution in [-0.4, -0.2) is 22.1 Å². The third-order valence-corrected chi connectivity index (χ3v) is 3.83. The Bertz CT molecular complexity index is 843. The van der Waals surface area contributed by atoms with Gasteiger partial charge in [-0.1, -0.05) is 23.8 Å². The SMILES string of the molecule is CC=C1C=C(Nc2ncnc(-c3cc(Cl)ccc3OC)n2)C=CC1. The van der Waals surface area contributed by atoms with Crippen LogP contribution in [0.4, 0.5) is 5.95 Å². The zero-order valence-electron chi connectivity index (χ0n) is 13.5. The summed E-state index contributed by atoms with van der Waals surface area (Å²) in [5.41, 5.74) is 2.90. The average molecular weight is 341 g/mol. The van der Waals surface area contributed by atoms with Crippen molar-refractivity contribution in [3.05, 3.63) is 65.1 Å². The molecule has 6 heteroatoms. The van der Waals surface area contributed by atoms with Crippen LogP contribution in [-0.2, 0) is 0 Å². The first-order valence-corrected chi connectivity index (χ1v) is 7.91. The minimum atomic E-state index is 0.468. The molecule has 0 atom stereocenters. The number of ether oxygens (including phenoxy) is 1. The average Bonchev–Trinajstić information content (AvgIpc) is 2.62. The number of nitrogens with zero attached hydrogens (tertiary/aromatic N) is 3. The number of aromatic nitrogens is 3. The van der Waals surface area contributed by atoms with Gasteiger partial charge in [0.1, 0.15) is 12.1 Å². The Morgan fingerprint density at radius 3 is 2.96 bits per heavy atom. The van der Waals surface area contributed by atoms with Crippen LogP contribution < -0.4 is 10.1 Å². The van der Waals surface area contributed by atoms with Crippen LogP contribution in [0, 0.1) is 0 Å². The highest BCUT2D eigenvalue weighted by Gasteiger charge is 2.11. The van der Waals surface area contributed by atoms with E-state index in [0.717, 1.165) is 17.7 Å².